The third-order valence-corrected chi connectivity index (χ3v) is 5.73. The van der Waals surface area contributed by atoms with Crippen molar-refractivity contribution >= 4 is 26.0 Å². The molecular formula is C13H18BrFN2O3S. The summed E-state index contributed by atoms with van der Waals surface area (Å²) in [4.78, 5) is -0.400. The molecular weight excluding hydrogens is 363 g/mol. The van der Waals surface area contributed by atoms with Crippen molar-refractivity contribution in [3.05, 3.63) is 28.0 Å². The van der Waals surface area contributed by atoms with Gasteiger partial charge in [0.05, 0.1) is 5.60 Å². The number of nitrogens with one attached hydrogen (secondary N) is 1. The minimum absolute atomic E-state index is 0.0736. The summed E-state index contributed by atoms with van der Waals surface area (Å²) >= 11 is 3.17. The van der Waals surface area contributed by atoms with Gasteiger partial charge in [0.2, 0.25) is 10.0 Å². The average molecular weight is 381 g/mol. The number of rotatable bonds is 6. The molecule has 0 aromatic heterocycles. The number of hydrogen-bond donors (Lipinski definition) is 2. The molecule has 3 N–H and O–H groups in total. The van der Waals surface area contributed by atoms with Crippen LogP contribution in [0.4, 0.5) is 4.39 Å². The normalized spacial score (nSPS) is 17.5. The van der Waals surface area contributed by atoms with Crippen molar-refractivity contribution in [2.24, 2.45) is 5.73 Å². The molecule has 0 heterocycles. The molecule has 118 valence electrons. The summed E-state index contributed by atoms with van der Waals surface area (Å²) in [5.41, 5.74) is 5.11. The Hall–Kier alpha value is -0.540. The van der Waals surface area contributed by atoms with E-state index in [0.717, 1.165) is 19.3 Å². The number of hydrogen-bond acceptors (Lipinski definition) is 4. The lowest BCUT2D eigenvalue weighted by Gasteiger charge is -2.40. The molecule has 0 amide bonds. The summed E-state index contributed by atoms with van der Waals surface area (Å²) in [7, 11) is -2.40. The van der Waals surface area contributed by atoms with Crippen molar-refractivity contribution in [2.75, 3.05) is 13.7 Å². The second-order valence-electron chi connectivity index (χ2n) is 5.15. The molecule has 0 radical (unpaired) electrons. The van der Waals surface area contributed by atoms with Crippen molar-refractivity contribution in [3.63, 3.8) is 0 Å². The van der Waals surface area contributed by atoms with Crippen molar-refractivity contribution in [3.8, 4) is 0 Å². The van der Waals surface area contributed by atoms with Crippen LogP contribution in [-0.4, -0.2) is 27.7 Å². The maximum absolute atomic E-state index is 14.2. The van der Waals surface area contributed by atoms with E-state index in [0.29, 0.717) is 4.47 Å². The minimum atomic E-state index is -3.96. The molecule has 0 saturated heterocycles. The van der Waals surface area contributed by atoms with Crippen LogP contribution in [0.15, 0.2) is 21.5 Å². The minimum Gasteiger partial charge on any atom is -0.377 e. The Labute approximate surface area is 132 Å². The highest BCUT2D eigenvalue weighted by Gasteiger charge is 2.38. The Balaban J connectivity index is 2.25. The third-order valence-electron chi connectivity index (χ3n) is 3.87. The molecule has 1 saturated carbocycles. The highest BCUT2D eigenvalue weighted by molar-refractivity contribution is 9.10. The molecule has 0 atom stereocenters. The van der Waals surface area contributed by atoms with Crippen LogP contribution in [-0.2, 0) is 21.3 Å². The van der Waals surface area contributed by atoms with Gasteiger partial charge in [-0.3, -0.25) is 0 Å². The van der Waals surface area contributed by atoms with Crippen LogP contribution in [0.2, 0.25) is 0 Å². The largest absolute Gasteiger partial charge is 0.377 e. The van der Waals surface area contributed by atoms with E-state index in [1.54, 1.807) is 7.11 Å². The van der Waals surface area contributed by atoms with Crippen LogP contribution in [0.25, 0.3) is 0 Å². The zero-order valence-electron chi connectivity index (χ0n) is 11.7. The van der Waals surface area contributed by atoms with Gasteiger partial charge < -0.3 is 10.5 Å². The van der Waals surface area contributed by atoms with Crippen LogP contribution in [0.3, 0.4) is 0 Å². The van der Waals surface area contributed by atoms with Gasteiger partial charge in [0.1, 0.15) is 10.7 Å². The van der Waals surface area contributed by atoms with E-state index in [1.165, 1.54) is 12.1 Å². The Morgan fingerprint density at radius 3 is 2.62 bits per heavy atom. The highest BCUT2D eigenvalue weighted by Crippen LogP contribution is 2.34. The maximum atomic E-state index is 14.2. The Kier molecular flexibility index (Phi) is 5.04. The molecule has 1 fully saturated rings. The Morgan fingerprint density at radius 1 is 1.48 bits per heavy atom. The van der Waals surface area contributed by atoms with Crippen molar-refractivity contribution < 1.29 is 17.5 Å². The fourth-order valence-electron chi connectivity index (χ4n) is 2.29. The van der Waals surface area contributed by atoms with Crippen molar-refractivity contribution in [1.82, 2.24) is 4.72 Å². The number of ether oxygens (including phenoxy) is 1. The number of methoxy groups -OCH3 is 1. The maximum Gasteiger partial charge on any atom is 0.243 e. The van der Waals surface area contributed by atoms with Gasteiger partial charge >= 0.3 is 0 Å². The van der Waals surface area contributed by atoms with Crippen LogP contribution in [0.1, 0.15) is 24.8 Å². The summed E-state index contributed by atoms with van der Waals surface area (Å²) in [6, 6.07) is 2.70. The molecule has 1 aliphatic carbocycles. The van der Waals surface area contributed by atoms with Crippen LogP contribution in [0, 0.1) is 5.82 Å². The average Bonchev–Trinajstić information content (AvgIpc) is 2.40. The van der Waals surface area contributed by atoms with Crippen LogP contribution in [0.5, 0.6) is 0 Å². The lowest BCUT2D eigenvalue weighted by atomic mass is 9.80. The summed E-state index contributed by atoms with van der Waals surface area (Å²) in [5, 5.41) is 0. The van der Waals surface area contributed by atoms with E-state index in [1.807, 2.05) is 0 Å². The Morgan fingerprint density at radius 2 is 2.14 bits per heavy atom. The number of benzene rings is 1. The number of nitrogens with two attached hydrogens (primary N) is 1. The van der Waals surface area contributed by atoms with E-state index in [-0.39, 0.29) is 18.7 Å². The summed E-state index contributed by atoms with van der Waals surface area (Å²) in [6.45, 7) is 0.0611. The standard InChI is InChI=1S/C13H18BrFN2O3S/c1-20-13(3-2-4-13)8-17-21(18,19)11-6-10(14)5-9(7-16)12(11)15/h5-6,17H,2-4,7-8,16H2,1H3. The number of halogens is 2. The van der Waals surface area contributed by atoms with E-state index in [2.05, 4.69) is 20.7 Å². The molecule has 1 aliphatic rings. The fraction of sp³-hybridized carbons (Fsp3) is 0.538. The molecule has 1 aromatic carbocycles. The second kappa shape index (κ2) is 6.29. The predicted molar refractivity (Wildman–Crippen MR) is 80.8 cm³/mol. The lowest BCUT2D eigenvalue weighted by molar-refractivity contribution is -0.0659. The van der Waals surface area contributed by atoms with E-state index < -0.39 is 26.3 Å². The van der Waals surface area contributed by atoms with Gasteiger partial charge in [0, 0.05) is 30.2 Å². The van der Waals surface area contributed by atoms with Gasteiger partial charge in [0.15, 0.2) is 0 Å². The highest BCUT2D eigenvalue weighted by atomic mass is 79.9. The Bertz CT molecular complexity index is 627. The van der Waals surface area contributed by atoms with Gasteiger partial charge in [-0.05, 0) is 31.4 Å². The molecule has 21 heavy (non-hydrogen) atoms. The van der Waals surface area contributed by atoms with Crippen molar-refractivity contribution in [1.29, 1.82) is 0 Å². The molecule has 0 bridgehead atoms. The second-order valence-corrected chi connectivity index (χ2v) is 7.80. The topological polar surface area (TPSA) is 81.4 Å². The third kappa shape index (κ3) is 3.45. The zero-order chi connectivity index (χ0) is 15.7. The molecule has 1 aromatic rings. The zero-order valence-corrected chi connectivity index (χ0v) is 14.1. The lowest BCUT2D eigenvalue weighted by Crippen LogP contribution is -2.49. The molecule has 0 unspecified atom stereocenters. The molecule has 0 spiro atoms. The first-order valence-corrected chi connectivity index (χ1v) is 8.84. The smallest absolute Gasteiger partial charge is 0.243 e. The van der Waals surface area contributed by atoms with Gasteiger partial charge in [0.25, 0.3) is 0 Å². The predicted octanol–water partition coefficient (Wildman–Crippen LogP) is 1.89. The van der Waals surface area contributed by atoms with Gasteiger partial charge in [-0.2, -0.15) is 0 Å². The summed E-state index contributed by atoms with van der Waals surface area (Å²) in [5.74, 6) is -0.812. The first-order valence-electron chi connectivity index (χ1n) is 6.56. The van der Waals surface area contributed by atoms with Crippen molar-refractivity contribution in [2.45, 2.75) is 36.3 Å². The summed E-state index contributed by atoms with van der Waals surface area (Å²) < 4.78 is 47.1. The van der Waals surface area contributed by atoms with E-state index >= 15 is 0 Å². The molecule has 2 rings (SSSR count). The summed E-state index contributed by atoms with van der Waals surface area (Å²) in [6.07, 6.45) is 2.58. The van der Waals surface area contributed by atoms with Crippen LogP contribution >= 0.6 is 15.9 Å². The molecule has 8 heteroatoms. The first-order chi connectivity index (χ1) is 9.83. The first kappa shape index (κ1) is 16.8. The monoisotopic (exact) mass is 380 g/mol. The van der Waals surface area contributed by atoms with E-state index in [9.17, 15) is 12.8 Å². The van der Waals surface area contributed by atoms with Gasteiger partial charge in [-0.1, -0.05) is 15.9 Å². The molecule has 0 aliphatic heterocycles. The number of sulfonamides is 1. The fourth-order valence-corrected chi connectivity index (χ4v) is 4.21. The van der Waals surface area contributed by atoms with Crippen LogP contribution < -0.4 is 10.5 Å². The SMILES string of the molecule is COC1(CNS(=O)(=O)c2cc(Br)cc(CN)c2F)CCC1. The quantitative estimate of drug-likeness (QED) is 0.789. The van der Waals surface area contributed by atoms with Gasteiger partial charge in [-0.25, -0.2) is 17.5 Å². The van der Waals surface area contributed by atoms with E-state index in [4.69, 9.17) is 10.5 Å². The molecule has 5 nitrogen and oxygen atoms in total. The van der Waals surface area contributed by atoms with Gasteiger partial charge in [-0.15, -0.1) is 0 Å².